The van der Waals surface area contributed by atoms with E-state index in [1.54, 1.807) is 71.9 Å². The monoisotopic (exact) mass is 658 g/mol. The molecule has 13 heteroatoms. The van der Waals surface area contributed by atoms with Crippen molar-refractivity contribution in [3.05, 3.63) is 35.9 Å². The van der Waals surface area contributed by atoms with Crippen molar-refractivity contribution < 1.29 is 43.3 Å². The van der Waals surface area contributed by atoms with Gasteiger partial charge in [-0.05, 0) is 50.0 Å². The standard InChI is InChI=1S/C34H50N4O9/c1-7-12-24(27(39)30(41)36-25(32(43)44)17-21-13-9-8-10-14-21)35-29(40)26-23-15-11-16-46-19-22(23)18-38(26)31(42)28(34(4,5)6)37-33(45)47-20(2)3/h8-10,13-14,20,22-26,28H,7,11-12,15-19H2,1-6H3,(H,35,40)(H,36,41)(H,37,45)(H,43,44)/t22-,23+,24?,25+,26+,28-/m1/s1. The minimum Gasteiger partial charge on any atom is -0.480 e. The van der Waals surface area contributed by atoms with Crippen molar-refractivity contribution >= 4 is 35.6 Å². The zero-order valence-corrected chi connectivity index (χ0v) is 28.2. The molecule has 1 unspecified atom stereocenters. The number of nitrogens with zero attached hydrogens (tertiary/aromatic N) is 1. The summed E-state index contributed by atoms with van der Waals surface area (Å²) in [6.45, 7) is 11.7. The third-order valence-electron chi connectivity index (χ3n) is 8.53. The summed E-state index contributed by atoms with van der Waals surface area (Å²) < 4.78 is 11.0. The molecule has 4 amide bonds. The molecule has 2 aliphatic rings. The van der Waals surface area contributed by atoms with Gasteiger partial charge in [-0.3, -0.25) is 19.2 Å². The molecule has 2 fully saturated rings. The van der Waals surface area contributed by atoms with E-state index in [9.17, 15) is 33.9 Å². The largest absolute Gasteiger partial charge is 0.480 e. The zero-order chi connectivity index (χ0) is 34.9. The van der Waals surface area contributed by atoms with Crippen LogP contribution in [0.25, 0.3) is 0 Å². The Kier molecular flexibility index (Phi) is 13.3. The van der Waals surface area contributed by atoms with Crippen molar-refractivity contribution in [2.45, 2.75) is 104 Å². The Morgan fingerprint density at radius 3 is 2.30 bits per heavy atom. The van der Waals surface area contributed by atoms with E-state index in [0.29, 0.717) is 38.0 Å². The lowest BCUT2D eigenvalue weighted by Gasteiger charge is -2.36. The summed E-state index contributed by atoms with van der Waals surface area (Å²) in [6, 6.07) is 4.10. The fourth-order valence-electron chi connectivity index (χ4n) is 6.21. The summed E-state index contributed by atoms with van der Waals surface area (Å²) >= 11 is 0. The molecule has 0 bridgehead atoms. The zero-order valence-electron chi connectivity index (χ0n) is 28.2. The van der Waals surface area contributed by atoms with E-state index in [2.05, 4.69) is 16.0 Å². The van der Waals surface area contributed by atoms with Crippen molar-refractivity contribution in [2.24, 2.45) is 17.3 Å². The Morgan fingerprint density at radius 2 is 1.70 bits per heavy atom. The number of nitrogens with one attached hydrogen (secondary N) is 3. The van der Waals surface area contributed by atoms with Crippen LogP contribution >= 0.6 is 0 Å². The van der Waals surface area contributed by atoms with Crippen LogP contribution in [-0.4, -0.2) is 95.6 Å². The molecular weight excluding hydrogens is 608 g/mol. The van der Waals surface area contributed by atoms with Crippen molar-refractivity contribution in [2.75, 3.05) is 19.8 Å². The van der Waals surface area contributed by atoms with Gasteiger partial charge in [0.05, 0.1) is 18.8 Å². The van der Waals surface area contributed by atoms with Gasteiger partial charge in [0.2, 0.25) is 17.6 Å². The maximum absolute atomic E-state index is 14.2. The molecule has 0 spiro atoms. The van der Waals surface area contributed by atoms with Crippen LogP contribution in [0.4, 0.5) is 4.79 Å². The number of hydrogen-bond donors (Lipinski definition) is 4. The first kappa shape index (κ1) is 37.5. The second kappa shape index (κ2) is 16.7. The van der Waals surface area contributed by atoms with E-state index in [0.717, 1.165) is 0 Å². The Morgan fingerprint density at radius 1 is 1.02 bits per heavy atom. The van der Waals surface area contributed by atoms with Gasteiger partial charge >= 0.3 is 12.1 Å². The number of ketones is 1. The van der Waals surface area contributed by atoms with Crippen LogP contribution in [0.2, 0.25) is 0 Å². The first-order valence-electron chi connectivity index (χ1n) is 16.4. The fraction of sp³-hybridized carbons (Fsp3) is 0.647. The number of aliphatic carboxylic acids is 1. The Hall–Kier alpha value is -4.00. The third-order valence-corrected chi connectivity index (χ3v) is 8.53. The minimum absolute atomic E-state index is 0.0298. The highest BCUT2D eigenvalue weighted by molar-refractivity contribution is 6.38. The second-order valence-corrected chi connectivity index (χ2v) is 13.7. The van der Waals surface area contributed by atoms with Gasteiger partial charge in [0.1, 0.15) is 18.1 Å². The third kappa shape index (κ3) is 10.2. The van der Waals surface area contributed by atoms with Gasteiger partial charge in [-0.25, -0.2) is 9.59 Å². The highest BCUT2D eigenvalue weighted by Crippen LogP contribution is 2.37. The maximum Gasteiger partial charge on any atom is 0.408 e. The maximum atomic E-state index is 14.2. The summed E-state index contributed by atoms with van der Waals surface area (Å²) in [7, 11) is 0. The van der Waals surface area contributed by atoms with Crippen LogP contribution in [-0.2, 0) is 39.9 Å². The Bertz CT molecular complexity index is 1280. The normalized spacial score (nSPS) is 21.4. The number of carboxylic acids is 1. The van der Waals surface area contributed by atoms with Gasteiger partial charge in [-0.1, -0.05) is 64.4 Å². The van der Waals surface area contributed by atoms with Crippen molar-refractivity contribution in [1.29, 1.82) is 0 Å². The molecule has 0 radical (unpaired) electrons. The van der Waals surface area contributed by atoms with Gasteiger partial charge in [0, 0.05) is 25.5 Å². The lowest BCUT2D eigenvalue weighted by Crippen LogP contribution is -2.60. The number of benzene rings is 1. The predicted molar refractivity (Wildman–Crippen MR) is 172 cm³/mol. The highest BCUT2D eigenvalue weighted by Gasteiger charge is 2.51. The number of carbonyl (C=O) groups excluding carboxylic acids is 5. The van der Waals surface area contributed by atoms with Gasteiger partial charge in [-0.15, -0.1) is 0 Å². The minimum atomic E-state index is -1.36. The molecular formula is C34H50N4O9. The number of carbonyl (C=O) groups is 6. The van der Waals surface area contributed by atoms with Crippen molar-refractivity contribution in [3.8, 4) is 0 Å². The quantitative estimate of drug-likeness (QED) is 0.232. The SMILES string of the molecule is CCCC(NC(=O)[C@@H]1[C@H]2CCCOC[C@H]2CN1C(=O)[C@@H](NC(=O)OC(C)C)C(C)(C)C)C(=O)C(=O)N[C@@H](Cc1ccccc1)C(=O)O. The van der Waals surface area contributed by atoms with Crippen LogP contribution < -0.4 is 16.0 Å². The molecule has 47 heavy (non-hydrogen) atoms. The molecule has 260 valence electrons. The number of likely N-dealkylation sites (tertiary alicyclic amines) is 1. The van der Waals surface area contributed by atoms with E-state index < -0.39 is 71.3 Å². The topological polar surface area (TPSA) is 180 Å². The summed E-state index contributed by atoms with van der Waals surface area (Å²) in [5.41, 5.74) is -0.0754. The lowest BCUT2D eigenvalue weighted by molar-refractivity contribution is -0.146. The number of amides is 4. The molecule has 4 N–H and O–H groups in total. The van der Waals surface area contributed by atoms with Crippen molar-refractivity contribution in [3.63, 3.8) is 0 Å². The van der Waals surface area contributed by atoms with Crippen LogP contribution in [0, 0.1) is 17.3 Å². The molecule has 1 aromatic carbocycles. The molecule has 6 atom stereocenters. The summed E-state index contributed by atoms with van der Waals surface area (Å²) in [5, 5.41) is 17.5. The van der Waals surface area contributed by atoms with E-state index in [1.165, 1.54) is 4.90 Å². The van der Waals surface area contributed by atoms with Gasteiger partial charge in [0.15, 0.2) is 0 Å². The van der Waals surface area contributed by atoms with E-state index >= 15 is 0 Å². The molecule has 3 rings (SSSR count). The van der Waals surface area contributed by atoms with Crippen LogP contribution in [0.15, 0.2) is 30.3 Å². The molecule has 0 saturated carbocycles. The summed E-state index contributed by atoms with van der Waals surface area (Å²) in [4.78, 5) is 80.8. The first-order valence-corrected chi connectivity index (χ1v) is 16.4. The average Bonchev–Trinajstić information content (AvgIpc) is 3.20. The van der Waals surface area contributed by atoms with Crippen LogP contribution in [0.5, 0.6) is 0 Å². The molecule has 1 aromatic rings. The Labute approximate surface area is 276 Å². The molecule has 2 aliphatic heterocycles. The molecule has 0 aromatic heterocycles. The molecule has 2 heterocycles. The number of carboxylic acid groups (broad SMARTS) is 1. The molecule has 0 aliphatic carbocycles. The lowest BCUT2D eigenvalue weighted by atomic mass is 9.85. The second-order valence-electron chi connectivity index (χ2n) is 13.7. The average molecular weight is 659 g/mol. The van der Waals surface area contributed by atoms with Crippen LogP contribution in [0.3, 0.4) is 0 Å². The first-order chi connectivity index (χ1) is 22.1. The number of fused-ring (bicyclic) bond motifs is 1. The van der Waals surface area contributed by atoms with E-state index in [4.69, 9.17) is 9.47 Å². The number of hydrogen-bond acceptors (Lipinski definition) is 8. The number of alkyl carbamates (subject to hydrolysis) is 1. The molecule has 2 saturated heterocycles. The van der Waals surface area contributed by atoms with E-state index in [-0.39, 0.29) is 31.2 Å². The fourth-order valence-corrected chi connectivity index (χ4v) is 6.21. The summed E-state index contributed by atoms with van der Waals surface area (Å²) in [6.07, 6.45) is 0.649. The number of Topliss-reactive ketones (excluding diaryl/α,β-unsaturated/α-hetero) is 1. The number of rotatable bonds is 13. The van der Waals surface area contributed by atoms with Gasteiger partial charge in [-0.2, -0.15) is 0 Å². The van der Waals surface area contributed by atoms with Gasteiger partial charge < -0.3 is 35.4 Å². The summed E-state index contributed by atoms with van der Waals surface area (Å²) in [5.74, 6) is -4.88. The predicted octanol–water partition coefficient (Wildman–Crippen LogP) is 2.46. The Balaban J connectivity index is 1.85. The molecule has 13 nitrogen and oxygen atoms in total. The van der Waals surface area contributed by atoms with Crippen LogP contribution in [0.1, 0.15) is 72.8 Å². The van der Waals surface area contributed by atoms with E-state index in [1.807, 2.05) is 0 Å². The number of ether oxygens (including phenoxy) is 2. The highest BCUT2D eigenvalue weighted by atomic mass is 16.6. The van der Waals surface area contributed by atoms with Crippen molar-refractivity contribution in [1.82, 2.24) is 20.9 Å². The van der Waals surface area contributed by atoms with Gasteiger partial charge in [0.25, 0.3) is 5.91 Å². The smallest absolute Gasteiger partial charge is 0.408 e.